The molecule has 1 aromatic carbocycles. The molecule has 0 atom stereocenters. The molecule has 0 aliphatic carbocycles. The second-order valence-electron chi connectivity index (χ2n) is 6.29. The quantitative estimate of drug-likeness (QED) is 0.512. The zero-order chi connectivity index (χ0) is 21.7. The number of amides is 1. The van der Waals surface area contributed by atoms with Crippen molar-refractivity contribution in [2.75, 3.05) is 7.11 Å². The molecule has 0 saturated carbocycles. The lowest BCUT2D eigenvalue weighted by Gasteiger charge is -2.07. The minimum absolute atomic E-state index is 0.0685. The number of carbonyl (C=O) groups excluding carboxylic acids is 2. The average molecular weight is 449 g/mol. The van der Waals surface area contributed by atoms with Gasteiger partial charge in [0.15, 0.2) is 0 Å². The molecule has 3 rings (SSSR count). The Morgan fingerprint density at radius 2 is 1.87 bits per heavy atom. The maximum absolute atomic E-state index is 12.4. The van der Waals surface area contributed by atoms with Crippen molar-refractivity contribution in [3.05, 3.63) is 75.4 Å². The van der Waals surface area contributed by atoms with Gasteiger partial charge >= 0.3 is 5.97 Å². The number of methoxy groups -OCH3 is 1. The van der Waals surface area contributed by atoms with E-state index in [1.54, 1.807) is 6.92 Å². The molecule has 8 nitrogen and oxygen atoms in total. The molecule has 0 aliphatic heterocycles. The Bertz CT molecular complexity index is 1130. The standard InChI is InChI=1S/C20H20N2O6S2/c1-13-18(20(24)27-2)10-15(28-13)11-21-19(23)14-5-7-17(8-6-14)30(25,26)22-12-16-4-3-9-29-16/h3-10,22H,11-12H2,1-2H3,(H,21,23). The van der Waals surface area contributed by atoms with Crippen LogP contribution >= 0.6 is 11.3 Å². The summed E-state index contributed by atoms with van der Waals surface area (Å²) in [6, 6.07) is 10.8. The van der Waals surface area contributed by atoms with Crippen molar-refractivity contribution in [3.8, 4) is 0 Å². The summed E-state index contributed by atoms with van der Waals surface area (Å²) in [7, 11) is -2.41. The smallest absolute Gasteiger partial charge is 0.341 e. The number of aryl methyl sites for hydroxylation is 1. The third-order valence-electron chi connectivity index (χ3n) is 4.24. The molecule has 158 valence electrons. The highest BCUT2D eigenvalue weighted by molar-refractivity contribution is 7.89. The summed E-state index contributed by atoms with van der Waals surface area (Å²) >= 11 is 1.46. The lowest BCUT2D eigenvalue weighted by molar-refractivity contribution is 0.0598. The normalized spacial score (nSPS) is 11.3. The van der Waals surface area contributed by atoms with Gasteiger partial charge in [0.1, 0.15) is 17.1 Å². The van der Waals surface area contributed by atoms with E-state index in [1.165, 1.54) is 48.8 Å². The topological polar surface area (TPSA) is 115 Å². The van der Waals surface area contributed by atoms with Gasteiger partial charge in [0.05, 0.1) is 18.6 Å². The van der Waals surface area contributed by atoms with Crippen molar-refractivity contribution in [1.82, 2.24) is 10.0 Å². The van der Waals surface area contributed by atoms with Gasteiger partial charge < -0.3 is 14.5 Å². The first-order valence-corrected chi connectivity index (χ1v) is 11.2. The molecule has 0 unspecified atom stereocenters. The summed E-state index contributed by atoms with van der Waals surface area (Å²) in [6.45, 7) is 1.90. The van der Waals surface area contributed by atoms with Crippen LogP contribution in [0.5, 0.6) is 0 Å². The zero-order valence-corrected chi connectivity index (χ0v) is 17.9. The van der Waals surface area contributed by atoms with Crippen molar-refractivity contribution in [2.45, 2.75) is 24.9 Å². The second-order valence-corrected chi connectivity index (χ2v) is 9.08. The van der Waals surface area contributed by atoms with Crippen LogP contribution in [0.15, 0.2) is 57.2 Å². The Hall–Kier alpha value is -2.95. The fourth-order valence-electron chi connectivity index (χ4n) is 2.66. The van der Waals surface area contributed by atoms with Gasteiger partial charge in [-0.25, -0.2) is 17.9 Å². The van der Waals surface area contributed by atoms with Crippen LogP contribution in [-0.2, 0) is 27.8 Å². The molecule has 0 spiro atoms. The first-order valence-electron chi connectivity index (χ1n) is 8.88. The number of ether oxygens (including phenoxy) is 1. The third kappa shape index (κ3) is 5.15. The predicted molar refractivity (Wildman–Crippen MR) is 111 cm³/mol. The van der Waals surface area contributed by atoms with E-state index in [4.69, 9.17) is 4.42 Å². The van der Waals surface area contributed by atoms with Gasteiger partial charge in [-0.15, -0.1) is 11.3 Å². The monoisotopic (exact) mass is 448 g/mol. The van der Waals surface area contributed by atoms with Crippen molar-refractivity contribution in [2.24, 2.45) is 0 Å². The number of carbonyl (C=O) groups is 2. The van der Waals surface area contributed by atoms with Crippen LogP contribution in [0.3, 0.4) is 0 Å². The Morgan fingerprint density at radius 3 is 2.50 bits per heavy atom. The van der Waals surface area contributed by atoms with Crippen LogP contribution in [-0.4, -0.2) is 27.4 Å². The Labute approximate surface area is 177 Å². The second kappa shape index (κ2) is 9.24. The number of benzene rings is 1. The molecule has 1 amide bonds. The fraction of sp³-hybridized carbons (Fsp3) is 0.200. The van der Waals surface area contributed by atoms with Crippen LogP contribution in [0.4, 0.5) is 0 Å². The van der Waals surface area contributed by atoms with Gasteiger partial charge in [-0.1, -0.05) is 6.07 Å². The van der Waals surface area contributed by atoms with E-state index >= 15 is 0 Å². The molecular weight excluding hydrogens is 428 g/mol. The summed E-state index contributed by atoms with van der Waals surface area (Å²) < 4.78 is 37.4. The van der Waals surface area contributed by atoms with E-state index < -0.39 is 21.9 Å². The van der Waals surface area contributed by atoms with Crippen LogP contribution in [0, 0.1) is 6.92 Å². The minimum atomic E-state index is -3.68. The Balaban J connectivity index is 1.60. The highest BCUT2D eigenvalue weighted by Gasteiger charge is 2.17. The maximum atomic E-state index is 12.4. The average Bonchev–Trinajstić information content (AvgIpc) is 3.39. The number of nitrogens with one attached hydrogen (secondary N) is 2. The SMILES string of the molecule is COC(=O)c1cc(CNC(=O)c2ccc(S(=O)(=O)NCc3cccs3)cc2)oc1C. The molecular formula is C20H20N2O6S2. The first-order chi connectivity index (χ1) is 14.3. The number of thiophene rings is 1. The molecule has 0 aliphatic rings. The van der Waals surface area contributed by atoms with Crippen LogP contribution in [0.1, 0.15) is 37.1 Å². The van der Waals surface area contributed by atoms with E-state index in [9.17, 15) is 18.0 Å². The van der Waals surface area contributed by atoms with Crippen LogP contribution in [0.25, 0.3) is 0 Å². The van der Waals surface area contributed by atoms with E-state index in [0.717, 1.165) is 4.88 Å². The minimum Gasteiger partial charge on any atom is -0.465 e. The molecule has 0 saturated heterocycles. The van der Waals surface area contributed by atoms with Gasteiger partial charge in [0.25, 0.3) is 5.91 Å². The predicted octanol–water partition coefficient (Wildman–Crippen LogP) is 2.84. The van der Waals surface area contributed by atoms with E-state index in [1.807, 2.05) is 17.5 Å². The highest BCUT2D eigenvalue weighted by Crippen LogP contribution is 2.16. The van der Waals surface area contributed by atoms with E-state index in [2.05, 4.69) is 14.8 Å². The van der Waals surface area contributed by atoms with Crippen molar-refractivity contribution in [3.63, 3.8) is 0 Å². The van der Waals surface area contributed by atoms with Gasteiger partial charge in [0, 0.05) is 17.0 Å². The molecule has 0 bridgehead atoms. The Morgan fingerprint density at radius 1 is 1.13 bits per heavy atom. The molecule has 0 radical (unpaired) electrons. The van der Waals surface area contributed by atoms with Gasteiger partial charge in [0.2, 0.25) is 10.0 Å². The third-order valence-corrected chi connectivity index (χ3v) is 6.53. The molecule has 10 heteroatoms. The lowest BCUT2D eigenvalue weighted by Crippen LogP contribution is -2.24. The van der Waals surface area contributed by atoms with Gasteiger partial charge in [-0.2, -0.15) is 0 Å². The van der Waals surface area contributed by atoms with Gasteiger partial charge in [-0.05, 0) is 48.7 Å². The number of sulfonamides is 1. The molecule has 0 fully saturated rings. The summed E-state index contributed by atoms with van der Waals surface area (Å²) in [5, 5.41) is 4.54. The summed E-state index contributed by atoms with van der Waals surface area (Å²) in [5.74, 6) is -0.119. The van der Waals surface area contributed by atoms with E-state index in [0.29, 0.717) is 22.6 Å². The number of hydrogen-bond acceptors (Lipinski definition) is 7. The fourth-order valence-corrected chi connectivity index (χ4v) is 4.40. The van der Waals surface area contributed by atoms with E-state index in [-0.39, 0.29) is 18.0 Å². The van der Waals surface area contributed by atoms with Gasteiger partial charge in [-0.3, -0.25) is 4.79 Å². The number of esters is 1. The van der Waals surface area contributed by atoms with Crippen LogP contribution in [0.2, 0.25) is 0 Å². The zero-order valence-electron chi connectivity index (χ0n) is 16.3. The summed E-state index contributed by atoms with van der Waals surface area (Å²) in [4.78, 5) is 24.9. The summed E-state index contributed by atoms with van der Waals surface area (Å²) in [5.41, 5.74) is 0.593. The van der Waals surface area contributed by atoms with Crippen molar-refractivity contribution >= 4 is 33.2 Å². The van der Waals surface area contributed by atoms with Crippen molar-refractivity contribution < 1.29 is 27.2 Å². The van der Waals surface area contributed by atoms with Crippen molar-refractivity contribution in [1.29, 1.82) is 0 Å². The highest BCUT2D eigenvalue weighted by atomic mass is 32.2. The largest absolute Gasteiger partial charge is 0.465 e. The molecule has 2 aromatic heterocycles. The molecule has 30 heavy (non-hydrogen) atoms. The number of furan rings is 1. The Kier molecular flexibility index (Phi) is 6.70. The molecule has 3 aromatic rings. The first kappa shape index (κ1) is 21.8. The van der Waals surface area contributed by atoms with Crippen LogP contribution < -0.4 is 10.0 Å². The lowest BCUT2D eigenvalue weighted by atomic mass is 10.2. The maximum Gasteiger partial charge on any atom is 0.341 e. The summed E-state index contributed by atoms with van der Waals surface area (Å²) in [6.07, 6.45) is 0. The molecule has 2 heterocycles. The molecule has 2 N–H and O–H groups in total. The number of hydrogen-bond donors (Lipinski definition) is 2. The number of rotatable bonds is 8.